The van der Waals surface area contributed by atoms with Crippen LogP contribution in [-0.2, 0) is 0 Å². The first kappa shape index (κ1) is 11.2. The number of aliphatic imine (C=N–C) groups is 2. The maximum absolute atomic E-state index is 5.94. The van der Waals surface area contributed by atoms with Crippen molar-refractivity contribution in [1.29, 1.82) is 0 Å². The normalized spacial score (nSPS) is 18.4. The molecule has 0 N–H and O–H groups in total. The van der Waals surface area contributed by atoms with Gasteiger partial charge in [-0.25, -0.2) is 9.98 Å². The molecule has 3 nitrogen and oxygen atoms in total. The Morgan fingerprint density at radius 3 is 2.64 bits per heavy atom. The number of unbranched alkanes of at least 4 members (excludes halogenated alkanes) is 1. The summed E-state index contributed by atoms with van der Waals surface area (Å²) < 4.78 is 0. The van der Waals surface area contributed by atoms with Gasteiger partial charge in [-0.1, -0.05) is 24.9 Å². The second-order valence-corrected chi connectivity index (χ2v) is 3.87. The highest BCUT2D eigenvalue weighted by molar-refractivity contribution is 6.71. The summed E-state index contributed by atoms with van der Waals surface area (Å²) in [5.74, 6) is 0.852. The van der Waals surface area contributed by atoms with Crippen molar-refractivity contribution in [2.75, 3.05) is 14.1 Å². The van der Waals surface area contributed by atoms with E-state index in [1.807, 2.05) is 25.2 Å². The minimum atomic E-state index is 0.504. The summed E-state index contributed by atoms with van der Waals surface area (Å²) in [6.07, 6.45) is 5.06. The third-order valence-electron chi connectivity index (χ3n) is 1.82. The second-order valence-electron chi connectivity index (χ2n) is 3.51. The van der Waals surface area contributed by atoms with Crippen molar-refractivity contribution in [1.82, 2.24) is 4.90 Å². The first-order valence-corrected chi connectivity index (χ1v) is 5.21. The lowest BCUT2D eigenvalue weighted by Crippen LogP contribution is -2.03. The standard InChI is InChI=1S/C10H16ClN3/c1-4-5-6-9-12-8(7-14(2)3)10(11)13-9/h7H,4-6H2,1-3H3/b8-7-. The molecule has 1 aliphatic rings. The largest absolute Gasteiger partial charge is 0.382 e. The quantitative estimate of drug-likeness (QED) is 0.706. The summed E-state index contributed by atoms with van der Waals surface area (Å²) in [7, 11) is 3.88. The predicted octanol–water partition coefficient (Wildman–Crippen LogP) is 2.63. The zero-order valence-electron chi connectivity index (χ0n) is 8.92. The van der Waals surface area contributed by atoms with Crippen molar-refractivity contribution in [2.45, 2.75) is 26.2 Å². The molecular weight excluding hydrogens is 198 g/mol. The van der Waals surface area contributed by atoms with Gasteiger partial charge in [0.25, 0.3) is 0 Å². The monoisotopic (exact) mass is 213 g/mol. The lowest BCUT2D eigenvalue weighted by molar-refractivity contribution is 0.560. The van der Waals surface area contributed by atoms with Crippen molar-refractivity contribution < 1.29 is 0 Å². The molecule has 0 aliphatic carbocycles. The van der Waals surface area contributed by atoms with Crippen LogP contribution in [0.3, 0.4) is 0 Å². The molecule has 4 heteroatoms. The Hall–Kier alpha value is -0.830. The third kappa shape index (κ3) is 3.14. The van der Waals surface area contributed by atoms with E-state index in [1.165, 1.54) is 0 Å². The van der Waals surface area contributed by atoms with Crippen LogP contribution in [0.15, 0.2) is 21.9 Å². The molecule has 14 heavy (non-hydrogen) atoms. The van der Waals surface area contributed by atoms with Crippen molar-refractivity contribution in [2.24, 2.45) is 9.98 Å². The summed E-state index contributed by atoms with van der Waals surface area (Å²) in [4.78, 5) is 10.5. The lowest BCUT2D eigenvalue weighted by atomic mass is 10.2. The fraction of sp³-hybridized carbons (Fsp3) is 0.600. The minimum Gasteiger partial charge on any atom is -0.382 e. The molecule has 0 amide bonds. The molecule has 0 atom stereocenters. The number of hydrogen-bond donors (Lipinski definition) is 0. The fourth-order valence-corrected chi connectivity index (χ4v) is 1.34. The Balaban J connectivity index is 2.66. The minimum absolute atomic E-state index is 0.504. The van der Waals surface area contributed by atoms with Crippen LogP contribution in [0.25, 0.3) is 0 Å². The molecule has 1 heterocycles. The first-order valence-electron chi connectivity index (χ1n) is 4.84. The molecule has 1 aliphatic heterocycles. The first-order chi connectivity index (χ1) is 6.63. The van der Waals surface area contributed by atoms with Gasteiger partial charge in [0.1, 0.15) is 11.5 Å². The molecule has 0 aromatic rings. The number of rotatable bonds is 4. The van der Waals surface area contributed by atoms with E-state index >= 15 is 0 Å². The molecule has 78 valence electrons. The Morgan fingerprint density at radius 1 is 1.36 bits per heavy atom. The van der Waals surface area contributed by atoms with Crippen LogP contribution >= 0.6 is 11.6 Å². The van der Waals surface area contributed by atoms with E-state index in [4.69, 9.17) is 11.6 Å². The molecule has 0 saturated carbocycles. The van der Waals surface area contributed by atoms with Crippen LogP contribution in [0.4, 0.5) is 0 Å². The number of allylic oxidation sites excluding steroid dienone is 1. The Labute approximate surface area is 90.2 Å². The number of amidine groups is 1. The number of nitrogens with zero attached hydrogens (tertiary/aromatic N) is 3. The maximum atomic E-state index is 5.94. The van der Waals surface area contributed by atoms with Crippen molar-refractivity contribution >= 4 is 22.6 Å². The molecule has 0 saturated heterocycles. The smallest absolute Gasteiger partial charge is 0.158 e. The van der Waals surface area contributed by atoms with Crippen LogP contribution in [-0.4, -0.2) is 30.0 Å². The molecule has 0 fully saturated rings. The van der Waals surface area contributed by atoms with Gasteiger partial charge in [-0.3, -0.25) is 0 Å². The van der Waals surface area contributed by atoms with Crippen molar-refractivity contribution in [3.05, 3.63) is 11.9 Å². The molecule has 0 aromatic carbocycles. The molecule has 0 radical (unpaired) electrons. The van der Waals surface area contributed by atoms with E-state index in [0.29, 0.717) is 5.17 Å². The summed E-state index contributed by atoms with van der Waals surface area (Å²) in [5, 5.41) is 0.504. The van der Waals surface area contributed by atoms with Crippen LogP contribution in [0.5, 0.6) is 0 Å². The van der Waals surface area contributed by atoms with Crippen molar-refractivity contribution in [3.8, 4) is 0 Å². The molecule has 0 unspecified atom stereocenters. The summed E-state index contributed by atoms with van der Waals surface area (Å²) >= 11 is 5.94. The molecule has 0 aromatic heterocycles. The zero-order valence-corrected chi connectivity index (χ0v) is 9.67. The lowest BCUT2D eigenvalue weighted by Gasteiger charge is -2.03. The highest BCUT2D eigenvalue weighted by atomic mass is 35.5. The predicted molar refractivity (Wildman–Crippen MR) is 62.0 cm³/mol. The van der Waals surface area contributed by atoms with Gasteiger partial charge in [0.15, 0.2) is 5.17 Å². The van der Waals surface area contributed by atoms with E-state index in [0.717, 1.165) is 30.8 Å². The number of hydrogen-bond acceptors (Lipinski definition) is 3. The van der Waals surface area contributed by atoms with Gasteiger partial charge in [0, 0.05) is 26.7 Å². The van der Waals surface area contributed by atoms with Gasteiger partial charge in [-0.15, -0.1) is 0 Å². The molecule has 0 bridgehead atoms. The van der Waals surface area contributed by atoms with Crippen LogP contribution < -0.4 is 0 Å². The third-order valence-corrected chi connectivity index (χ3v) is 2.10. The average Bonchev–Trinajstić information content (AvgIpc) is 2.43. The average molecular weight is 214 g/mol. The van der Waals surface area contributed by atoms with Crippen molar-refractivity contribution in [3.63, 3.8) is 0 Å². The van der Waals surface area contributed by atoms with E-state index in [1.54, 1.807) is 0 Å². The van der Waals surface area contributed by atoms with Gasteiger partial charge in [0.05, 0.1) is 0 Å². The Kier molecular flexibility index (Phi) is 4.14. The highest BCUT2D eigenvalue weighted by Crippen LogP contribution is 2.16. The molecule has 1 rings (SSSR count). The summed E-state index contributed by atoms with van der Waals surface area (Å²) in [6, 6.07) is 0. The van der Waals surface area contributed by atoms with Gasteiger partial charge in [-0.05, 0) is 6.42 Å². The van der Waals surface area contributed by atoms with Crippen LogP contribution in [0.2, 0.25) is 0 Å². The SMILES string of the molecule is CCCCC1=N/C(=C\N(C)C)C(Cl)=N1. The second kappa shape index (κ2) is 5.15. The van der Waals surface area contributed by atoms with E-state index in [-0.39, 0.29) is 0 Å². The van der Waals surface area contributed by atoms with Gasteiger partial charge < -0.3 is 4.90 Å². The number of halogens is 1. The van der Waals surface area contributed by atoms with Gasteiger partial charge >= 0.3 is 0 Å². The van der Waals surface area contributed by atoms with Crippen LogP contribution in [0.1, 0.15) is 26.2 Å². The molecular formula is C10H16ClN3. The van der Waals surface area contributed by atoms with E-state index < -0.39 is 0 Å². The van der Waals surface area contributed by atoms with Gasteiger partial charge in [-0.2, -0.15) is 0 Å². The Bertz CT molecular complexity index is 290. The zero-order chi connectivity index (χ0) is 10.6. The van der Waals surface area contributed by atoms with E-state index in [9.17, 15) is 0 Å². The van der Waals surface area contributed by atoms with Crippen LogP contribution in [0, 0.1) is 0 Å². The van der Waals surface area contributed by atoms with Gasteiger partial charge in [0.2, 0.25) is 0 Å². The van der Waals surface area contributed by atoms with E-state index in [2.05, 4.69) is 16.9 Å². The summed E-state index contributed by atoms with van der Waals surface area (Å²) in [6.45, 7) is 2.15. The topological polar surface area (TPSA) is 28.0 Å². The summed E-state index contributed by atoms with van der Waals surface area (Å²) in [5.41, 5.74) is 0.766. The molecule has 0 spiro atoms. The Morgan fingerprint density at radius 2 is 2.07 bits per heavy atom. The maximum Gasteiger partial charge on any atom is 0.158 e. The highest BCUT2D eigenvalue weighted by Gasteiger charge is 2.13. The fourth-order valence-electron chi connectivity index (χ4n) is 1.15.